The summed E-state index contributed by atoms with van der Waals surface area (Å²) in [6.45, 7) is 4.22. The number of hydrogen-bond donors (Lipinski definition) is 2. The number of carboxylic acids is 1. The van der Waals surface area contributed by atoms with Crippen LogP contribution in [0.15, 0.2) is 24.4 Å². The van der Waals surface area contributed by atoms with Gasteiger partial charge in [-0.2, -0.15) is 0 Å². The number of carboxylic acid groups (broad SMARTS) is 1. The number of aromatic nitrogens is 1. The van der Waals surface area contributed by atoms with Crippen molar-refractivity contribution < 1.29 is 14.3 Å². The van der Waals surface area contributed by atoms with Gasteiger partial charge in [0, 0.05) is 11.8 Å². The zero-order valence-corrected chi connectivity index (χ0v) is 15.9. The van der Waals surface area contributed by atoms with Crippen LogP contribution in [0.4, 0.5) is 4.39 Å². The molecule has 0 radical (unpaired) electrons. The van der Waals surface area contributed by atoms with E-state index in [4.69, 9.17) is 5.11 Å². The molecule has 4 heteroatoms. The molecule has 0 aliphatic heterocycles. The number of unbranched alkanes of at least 4 members (excludes halogenated alkanes) is 7. The van der Waals surface area contributed by atoms with Crippen molar-refractivity contribution in [1.82, 2.24) is 4.98 Å². The van der Waals surface area contributed by atoms with Crippen molar-refractivity contribution in [3.8, 4) is 11.1 Å². The van der Waals surface area contributed by atoms with Crippen LogP contribution in [-0.4, -0.2) is 16.1 Å². The SMILES string of the molecule is CCCCCCCCCCc1cccc(-c2c[nH]c(C(=O)O)c2F)c1C. The van der Waals surface area contributed by atoms with Crippen LogP contribution in [0.3, 0.4) is 0 Å². The highest BCUT2D eigenvalue weighted by Gasteiger charge is 2.19. The van der Waals surface area contributed by atoms with Crippen molar-refractivity contribution in [3.05, 3.63) is 47.0 Å². The first kappa shape index (κ1) is 20.2. The number of aromatic amines is 1. The lowest BCUT2D eigenvalue weighted by Gasteiger charge is -2.11. The van der Waals surface area contributed by atoms with Gasteiger partial charge in [0.05, 0.1) is 0 Å². The molecule has 0 aliphatic rings. The summed E-state index contributed by atoms with van der Waals surface area (Å²) in [6.07, 6.45) is 12.7. The number of hydrogen-bond acceptors (Lipinski definition) is 1. The Hall–Kier alpha value is -2.10. The molecule has 1 heterocycles. The highest BCUT2D eigenvalue weighted by atomic mass is 19.1. The standard InChI is InChI=1S/C22H30FNO2/c1-3-4-5-6-7-8-9-10-12-17-13-11-14-18(16(17)2)19-15-24-21(20(19)23)22(25)26/h11,13-15,24H,3-10,12H2,1-2H3,(H,25,26). The van der Waals surface area contributed by atoms with Gasteiger partial charge in [0.25, 0.3) is 0 Å². The number of benzene rings is 1. The van der Waals surface area contributed by atoms with Crippen LogP contribution in [0.5, 0.6) is 0 Å². The highest BCUT2D eigenvalue weighted by molar-refractivity contribution is 5.88. The minimum absolute atomic E-state index is 0.331. The number of halogens is 1. The third kappa shape index (κ3) is 5.20. The van der Waals surface area contributed by atoms with Gasteiger partial charge in [-0.15, -0.1) is 0 Å². The molecule has 0 bridgehead atoms. The van der Waals surface area contributed by atoms with E-state index in [2.05, 4.69) is 18.0 Å². The van der Waals surface area contributed by atoms with E-state index in [-0.39, 0.29) is 5.69 Å². The molecule has 1 aromatic heterocycles. The summed E-state index contributed by atoms with van der Waals surface area (Å²) in [5.74, 6) is -1.97. The maximum Gasteiger partial charge on any atom is 0.355 e. The Balaban J connectivity index is 1.94. The van der Waals surface area contributed by atoms with Gasteiger partial charge in [0.2, 0.25) is 0 Å². The van der Waals surface area contributed by atoms with Gasteiger partial charge >= 0.3 is 5.97 Å². The van der Waals surface area contributed by atoms with E-state index in [1.54, 1.807) is 0 Å². The minimum Gasteiger partial charge on any atom is -0.476 e. The molecule has 0 unspecified atom stereocenters. The average Bonchev–Trinajstić information content (AvgIpc) is 3.00. The molecular formula is C22H30FNO2. The monoisotopic (exact) mass is 359 g/mol. The van der Waals surface area contributed by atoms with Crippen molar-refractivity contribution in [2.45, 2.75) is 71.6 Å². The molecular weight excluding hydrogens is 329 g/mol. The van der Waals surface area contributed by atoms with Crippen molar-refractivity contribution in [2.75, 3.05) is 0 Å². The molecule has 0 amide bonds. The zero-order valence-electron chi connectivity index (χ0n) is 15.9. The molecule has 2 aromatic rings. The number of rotatable bonds is 11. The van der Waals surface area contributed by atoms with Crippen molar-refractivity contribution in [2.24, 2.45) is 0 Å². The second kappa shape index (κ2) is 10.1. The number of carbonyl (C=O) groups is 1. The smallest absolute Gasteiger partial charge is 0.355 e. The highest BCUT2D eigenvalue weighted by Crippen LogP contribution is 2.30. The van der Waals surface area contributed by atoms with E-state index < -0.39 is 11.8 Å². The predicted molar refractivity (Wildman–Crippen MR) is 104 cm³/mol. The summed E-state index contributed by atoms with van der Waals surface area (Å²) in [7, 11) is 0. The number of H-pyrrole nitrogens is 1. The van der Waals surface area contributed by atoms with Crippen LogP contribution in [0.1, 0.15) is 79.9 Å². The molecule has 2 N–H and O–H groups in total. The van der Waals surface area contributed by atoms with E-state index in [0.717, 1.165) is 24.0 Å². The first-order valence-electron chi connectivity index (χ1n) is 9.75. The molecule has 0 saturated carbocycles. The normalized spacial score (nSPS) is 11.0. The maximum absolute atomic E-state index is 14.3. The fourth-order valence-corrected chi connectivity index (χ4v) is 3.45. The van der Waals surface area contributed by atoms with Gasteiger partial charge in [-0.25, -0.2) is 9.18 Å². The Kier molecular flexibility index (Phi) is 7.89. The lowest BCUT2D eigenvalue weighted by atomic mass is 9.94. The van der Waals surface area contributed by atoms with Crippen LogP contribution < -0.4 is 0 Å². The quantitative estimate of drug-likeness (QED) is 0.449. The van der Waals surface area contributed by atoms with E-state index >= 15 is 0 Å². The predicted octanol–water partition coefficient (Wildman–Crippen LogP) is 6.51. The number of aromatic carboxylic acids is 1. The first-order chi connectivity index (χ1) is 12.6. The van der Waals surface area contributed by atoms with Gasteiger partial charge in [-0.3, -0.25) is 0 Å². The lowest BCUT2D eigenvalue weighted by molar-refractivity contribution is 0.0686. The largest absolute Gasteiger partial charge is 0.476 e. The minimum atomic E-state index is -1.28. The number of aryl methyl sites for hydroxylation is 1. The fraction of sp³-hybridized carbons (Fsp3) is 0.500. The van der Waals surface area contributed by atoms with Crippen molar-refractivity contribution in [1.29, 1.82) is 0 Å². The molecule has 142 valence electrons. The zero-order chi connectivity index (χ0) is 18.9. The molecule has 0 atom stereocenters. The molecule has 0 fully saturated rings. The van der Waals surface area contributed by atoms with Crippen LogP contribution in [0, 0.1) is 12.7 Å². The Bertz CT molecular complexity index is 721. The fourth-order valence-electron chi connectivity index (χ4n) is 3.45. The second-order valence-electron chi connectivity index (χ2n) is 7.01. The second-order valence-corrected chi connectivity index (χ2v) is 7.01. The van der Waals surface area contributed by atoms with Crippen LogP contribution >= 0.6 is 0 Å². The Morgan fingerprint density at radius 2 is 1.69 bits per heavy atom. The molecule has 0 spiro atoms. The average molecular weight is 359 g/mol. The van der Waals surface area contributed by atoms with E-state index in [1.165, 1.54) is 56.7 Å². The van der Waals surface area contributed by atoms with Gasteiger partial charge < -0.3 is 10.1 Å². The summed E-state index contributed by atoms with van der Waals surface area (Å²) in [5.41, 5.74) is 2.96. The summed E-state index contributed by atoms with van der Waals surface area (Å²) >= 11 is 0. The number of nitrogens with one attached hydrogen (secondary N) is 1. The van der Waals surface area contributed by atoms with Crippen molar-refractivity contribution >= 4 is 5.97 Å². The Labute approximate surface area is 155 Å². The van der Waals surface area contributed by atoms with Gasteiger partial charge in [-0.1, -0.05) is 70.1 Å². The summed E-state index contributed by atoms with van der Waals surface area (Å²) in [4.78, 5) is 13.6. The maximum atomic E-state index is 14.3. The Morgan fingerprint density at radius 1 is 1.04 bits per heavy atom. The van der Waals surface area contributed by atoms with E-state index in [9.17, 15) is 9.18 Å². The summed E-state index contributed by atoms with van der Waals surface area (Å²) in [6, 6.07) is 5.86. The third-order valence-corrected chi connectivity index (χ3v) is 5.07. The van der Waals surface area contributed by atoms with Crippen LogP contribution in [-0.2, 0) is 6.42 Å². The molecule has 0 saturated heterocycles. The molecule has 26 heavy (non-hydrogen) atoms. The topological polar surface area (TPSA) is 53.1 Å². The molecule has 2 rings (SSSR count). The molecule has 3 nitrogen and oxygen atoms in total. The third-order valence-electron chi connectivity index (χ3n) is 5.07. The molecule has 0 aliphatic carbocycles. The summed E-state index contributed by atoms with van der Waals surface area (Å²) < 4.78 is 14.3. The van der Waals surface area contributed by atoms with E-state index in [0.29, 0.717) is 5.56 Å². The van der Waals surface area contributed by atoms with Gasteiger partial charge in [0.15, 0.2) is 11.5 Å². The van der Waals surface area contributed by atoms with Gasteiger partial charge in [0.1, 0.15) is 0 Å². The van der Waals surface area contributed by atoms with Gasteiger partial charge in [-0.05, 0) is 36.5 Å². The molecule has 1 aromatic carbocycles. The Morgan fingerprint density at radius 3 is 2.31 bits per heavy atom. The first-order valence-corrected chi connectivity index (χ1v) is 9.75. The van der Waals surface area contributed by atoms with Crippen LogP contribution in [0.2, 0.25) is 0 Å². The van der Waals surface area contributed by atoms with Crippen LogP contribution in [0.25, 0.3) is 11.1 Å². The summed E-state index contributed by atoms with van der Waals surface area (Å²) in [5, 5.41) is 9.01. The lowest BCUT2D eigenvalue weighted by Crippen LogP contribution is -1.99. The van der Waals surface area contributed by atoms with E-state index in [1.807, 2.05) is 19.1 Å². The van der Waals surface area contributed by atoms with Crippen molar-refractivity contribution in [3.63, 3.8) is 0 Å².